The van der Waals surface area contributed by atoms with E-state index < -0.39 is 0 Å². The van der Waals surface area contributed by atoms with Crippen molar-refractivity contribution < 1.29 is 4.39 Å². The lowest BCUT2D eigenvalue weighted by Gasteiger charge is -2.36. The number of hydrogen-bond donors (Lipinski definition) is 1. The maximum Gasteiger partial charge on any atom is 0.150 e. The van der Waals surface area contributed by atoms with Gasteiger partial charge in [-0.25, -0.2) is 4.39 Å². The summed E-state index contributed by atoms with van der Waals surface area (Å²) in [6.45, 7) is 6.23. The van der Waals surface area contributed by atoms with Crippen molar-refractivity contribution in [2.75, 3.05) is 12.3 Å². The van der Waals surface area contributed by atoms with E-state index in [2.05, 4.69) is 18.7 Å². The summed E-state index contributed by atoms with van der Waals surface area (Å²) in [6.07, 6.45) is 2.40. The van der Waals surface area contributed by atoms with Gasteiger partial charge in [0.15, 0.2) is 5.82 Å². The predicted octanol–water partition coefficient (Wildman–Crippen LogP) is 3.03. The molecule has 0 aromatic heterocycles. The van der Waals surface area contributed by atoms with Gasteiger partial charge in [-0.2, -0.15) is 0 Å². The lowest BCUT2D eigenvalue weighted by molar-refractivity contribution is 0.121. The molecule has 1 fully saturated rings. The van der Waals surface area contributed by atoms with Crippen LogP contribution in [0.2, 0.25) is 0 Å². The van der Waals surface area contributed by atoms with E-state index in [-0.39, 0.29) is 11.5 Å². The fourth-order valence-corrected chi connectivity index (χ4v) is 2.63. The van der Waals surface area contributed by atoms with Crippen molar-refractivity contribution in [1.29, 1.82) is 0 Å². The number of halogens is 1. The van der Waals surface area contributed by atoms with Gasteiger partial charge in [0.25, 0.3) is 0 Å². The summed E-state index contributed by atoms with van der Waals surface area (Å²) >= 11 is 0. The number of likely N-dealkylation sites (tertiary alicyclic amines) is 1. The molecular weight excluding hydrogens is 215 g/mol. The molecule has 1 aliphatic heterocycles. The van der Waals surface area contributed by atoms with Gasteiger partial charge in [0.05, 0.1) is 5.69 Å². The van der Waals surface area contributed by atoms with E-state index in [0.29, 0.717) is 18.2 Å². The molecule has 2 unspecified atom stereocenters. The second-order valence-corrected chi connectivity index (χ2v) is 5.27. The van der Waals surface area contributed by atoms with Crippen molar-refractivity contribution in [3.8, 4) is 0 Å². The summed E-state index contributed by atoms with van der Waals surface area (Å²) in [4.78, 5) is 2.35. The Balaban J connectivity index is 2.08. The number of nitrogen functional groups attached to an aromatic ring is 1. The molecule has 0 aliphatic carbocycles. The molecule has 3 heteroatoms. The molecule has 2 rings (SSSR count). The van der Waals surface area contributed by atoms with E-state index in [0.717, 1.165) is 12.5 Å². The van der Waals surface area contributed by atoms with Gasteiger partial charge in [0, 0.05) is 18.2 Å². The van der Waals surface area contributed by atoms with Crippen molar-refractivity contribution in [2.24, 2.45) is 5.92 Å². The Labute approximate surface area is 103 Å². The molecule has 0 amide bonds. The maximum atomic E-state index is 13.8. The largest absolute Gasteiger partial charge is 0.396 e. The summed E-state index contributed by atoms with van der Waals surface area (Å²) in [7, 11) is 0. The lowest BCUT2D eigenvalue weighted by atomic mass is 9.93. The molecule has 2 nitrogen and oxygen atoms in total. The number of rotatable bonds is 2. The average molecular weight is 236 g/mol. The highest BCUT2D eigenvalue weighted by Gasteiger charge is 2.23. The first kappa shape index (κ1) is 12.4. The molecule has 0 spiro atoms. The van der Waals surface area contributed by atoms with Gasteiger partial charge < -0.3 is 5.73 Å². The van der Waals surface area contributed by atoms with Crippen LogP contribution in [0.25, 0.3) is 0 Å². The second kappa shape index (κ2) is 5.05. The molecule has 2 N–H and O–H groups in total. The number of benzene rings is 1. The fourth-order valence-electron chi connectivity index (χ4n) is 2.63. The minimum absolute atomic E-state index is 0.250. The highest BCUT2D eigenvalue weighted by atomic mass is 19.1. The zero-order valence-electron chi connectivity index (χ0n) is 10.6. The quantitative estimate of drug-likeness (QED) is 0.800. The van der Waals surface area contributed by atoms with Gasteiger partial charge in [0.1, 0.15) is 0 Å². The van der Waals surface area contributed by atoms with Crippen molar-refractivity contribution in [3.63, 3.8) is 0 Å². The molecule has 17 heavy (non-hydrogen) atoms. The maximum absolute atomic E-state index is 13.8. The van der Waals surface area contributed by atoms with Crippen LogP contribution in [0, 0.1) is 11.7 Å². The van der Waals surface area contributed by atoms with Crippen molar-refractivity contribution in [1.82, 2.24) is 4.90 Å². The molecule has 94 valence electrons. The standard InChI is InChI=1S/C14H21FN2/c1-10-6-7-17(11(2)8-10)9-12-4-3-5-13(16)14(12)15/h3-5,10-11H,6-9,16H2,1-2H3. The first-order valence-corrected chi connectivity index (χ1v) is 6.35. The van der Waals surface area contributed by atoms with E-state index in [1.54, 1.807) is 6.07 Å². The third kappa shape index (κ3) is 2.78. The van der Waals surface area contributed by atoms with E-state index in [1.807, 2.05) is 12.1 Å². The van der Waals surface area contributed by atoms with E-state index in [4.69, 9.17) is 5.73 Å². The Morgan fingerprint density at radius 2 is 2.18 bits per heavy atom. The lowest BCUT2D eigenvalue weighted by Crippen LogP contribution is -2.39. The molecule has 2 atom stereocenters. The Bertz CT molecular complexity index is 392. The fraction of sp³-hybridized carbons (Fsp3) is 0.571. The highest BCUT2D eigenvalue weighted by Crippen LogP contribution is 2.25. The molecule has 1 heterocycles. The first-order valence-electron chi connectivity index (χ1n) is 6.35. The second-order valence-electron chi connectivity index (χ2n) is 5.27. The number of anilines is 1. The molecular formula is C14H21FN2. The molecule has 1 aromatic carbocycles. The Hall–Kier alpha value is -1.09. The van der Waals surface area contributed by atoms with Crippen molar-refractivity contribution >= 4 is 5.69 Å². The molecule has 0 bridgehead atoms. The van der Waals surface area contributed by atoms with Gasteiger partial charge in [-0.15, -0.1) is 0 Å². The molecule has 1 aromatic rings. The topological polar surface area (TPSA) is 29.3 Å². The van der Waals surface area contributed by atoms with Crippen LogP contribution in [0.1, 0.15) is 32.3 Å². The van der Waals surface area contributed by atoms with Crippen LogP contribution < -0.4 is 5.73 Å². The monoisotopic (exact) mass is 236 g/mol. The van der Waals surface area contributed by atoms with Crippen molar-refractivity contribution in [3.05, 3.63) is 29.6 Å². The number of hydrogen-bond acceptors (Lipinski definition) is 2. The summed E-state index contributed by atoms with van der Waals surface area (Å²) in [5.74, 6) is 0.533. The molecule has 0 saturated carbocycles. The Morgan fingerprint density at radius 1 is 1.41 bits per heavy atom. The normalized spacial score (nSPS) is 26.1. The summed E-state index contributed by atoms with van der Waals surface area (Å²) < 4.78 is 13.8. The van der Waals surface area contributed by atoms with Crippen LogP contribution in [0.5, 0.6) is 0 Å². The van der Waals surface area contributed by atoms with Gasteiger partial charge in [-0.05, 0) is 38.3 Å². The first-order chi connectivity index (χ1) is 8.08. The van der Waals surface area contributed by atoms with Crippen LogP contribution in [0.3, 0.4) is 0 Å². The van der Waals surface area contributed by atoms with Crippen LogP contribution in [-0.4, -0.2) is 17.5 Å². The SMILES string of the molecule is CC1CCN(Cc2cccc(N)c2F)C(C)C1. The van der Waals surface area contributed by atoms with Crippen LogP contribution in [-0.2, 0) is 6.54 Å². The van der Waals surface area contributed by atoms with E-state index in [1.165, 1.54) is 12.8 Å². The Kier molecular flexibility index (Phi) is 3.67. The summed E-state index contributed by atoms with van der Waals surface area (Å²) in [5.41, 5.74) is 6.55. The van der Waals surface area contributed by atoms with Gasteiger partial charge >= 0.3 is 0 Å². The average Bonchev–Trinajstić information content (AvgIpc) is 2.28. The molecule has 0 radical (unpaired) electrons. The van der Waals surface area contributed by atoms with Gasteiger partial charge in [-0.3, -0.25) is 4.90 Å². The predicted molar refractivity (Wildman–Crippen MR) is 69.1 cm³/mol. The van der Waals surface area contributed by atoms with Crippen LogP contribution >= 0.6 is 0 Å². The third-order valence-electron chi connectivity index (χ3n) is 3.76. The zero-order chi connectivity index (χ0) is 12.4. The highest BCUT2D eigenvalue weighted by molar-refractivity contribution is 5.42. The molecule has 1 saturated heterocycles. The number of nitrogens with zero attached hydrogens (tertiary/aromatic N) is 1. The van der Waals surface area contributed by atoms with Crippen LogP contribution in [0.15, 0.2) is 18.2 Å². The van der Waals surface area contributed by atoms with Gasteiger partial charge in [0.2, 0.25) is 0 Å². The van der Waals surface area contributed by atoms with E-state index in [9.17, 15) is 4.39 Å². The van der Waals surface area contributed by atoms with E-state index >= 15 is 0 Å². The minimum Gasteiger partial charge on any atom is -0.396 e. The third-order valence-corrected chi connectivity index (χ3v) is 3.76. The minimum atomic E-state index is -0.252. The smallest absolute Gasteiger partial charge is 0.150 e. The van der Waals surface area contributed by atoms with Crippen LogP contribution in [0.4, 0.5) is 10.1 Å². The van der Waals surface area contributed by atoms with Gasteiger partial charge in [-0.1, -0.05) is 19.1 Å². The molecule has 1 aliphatic rings. The summed E-state index contributed by atoms with van der Waals surface area (Å²) in [6, 6.07) is 5.79. The Morgan fingerprint density at radius 3 is 2.88 bits per heavy atom. The zero-order valence-corrected chi connectivity index (χ0v) is 10.6. The number of nitrogens with two attached hydrogens (primary N) is 1. The van der Waals surface area contributed by atoms with Crippen molar-refractivity contribution in [2.45, 2.75) is 39.3 Å². The summed E-state index contributed by atoms with van der Waals surface area (Å²) in [5, 5.41) is 0. The number of piperidine rings is 1.